The smallest absolute Gasteiger partial charge is 0.244 e. The van der Waals surface area contributed by atoms with Gasteiger partial charge in [0.1, 0.15) is 4.90 Å². The summed E-state index contributed by atoms with van der Waals surface area (Å²) in [5, 5.41) is 0. The Morgan fingerprint density at radius 2 is 1.81 bits per heavy atom. The fourth-order valence-corrected chi connectivity index (χ4v) is 3.64. The van der Waals surface area contributed by atoms with Gasteiger partial charge in [0.05, 0.1) is 0 Å². The molecule has 0 radical (unpaired) electrons. The van der Waals surface area contributed by atoms with E-state index in [1.165, 1.54) is 16.6 Å². The van der Waals surface area contributed by atoms with E-state index in [0.717, 1.165) is 0 Å². The number of amides is 1. The molecule has 0 saturated carbocycles. The lowest BCUT2D eigenvalue weighted by molar-refractivity contribution is -0.140. The molecule has 0 unspecified atom stereocenters. The molecule has 0 N–H and O–H groups in total. The number of hydrogen-bond donors (Lipinski definition) is 0. The van der Waals surface area contributed by atoms with Crippen molar-refractivity contribution in [2.75, 3.05) is 26.2 Å². The van der Waals surface area contributed by atoms with E-state index in [1.807, 2.05) is 20.8 Å². The highest BCUT2D eigenvalue weighted by atomic mass is 32.2. The van der Waals surface area contributed by atoms with Crippen LogP contribution in [0.25, 0.3) is 0 Å². The lowest BCUT2D eigenvalue weighted by Crippen LogP contribution is -2.52. The summed E-state index contributed by atoms with van der Waals surface area (Å²) in [7, 11) is -3.51. The van der Waals surface area contributed by atoms with Gasteiger partial charge in [-0.05, 0) is 12.1 Å². The van der Waals surface area contributed by atoms with E-state index in [2.05, 4.69) is 4.98 Å². The molecule has 1 aliphatic heterocycles. The molecule has 0 bridgehead atoms. The molecular formula is C14H21N3O3S. The zero-order chi connectivity index (χ0) is 15.7. The largest absolute Gasteiger partial charge is 0.340 e. The van der Waals surface area contributed by atoms with Crippen LogP contribution in [-0.4, -0.2) is 54.7 Å². The summed E-state index contributed by atoms with van der Waals surface area (Å²) in [6.07, 6.45) is 2.89. The number of sulfonamides is 1. The highest BCUT2D eigenvalue weighted by Crippen LogP contribution is 2.21. The van der Waals surface area contributed by atoms with Crippen molar-refractivity contribution in [3.8, 4) is 0 Å². The van der Waals surface area contributed by atoms with E-state index in [0.29, 0.717) is 26.2 Å². The average Bonchev–Trinajstić information content (AvgIpc) is 2.46. The molecule has 1 fully saturated rings. The maximum atomic E-state index is 12.4. The van der Waals surface area contributed by atoms with Crippen LogP contribution in [0.3, 0.4) is 0 Å². The van der Waals surface area contributed by atoms with E-state index in [9.17, 15) is 13.2 Å². The lowest BCUT2D eigenvalue weighted by atomic mass is 9.94. The van der Waals surface area contributed by atoms with Crippen molar-refractivity contribution in [1.29, 1.82) is 0 Å². The molecular weight excluding hydrogens is 290 g/mol. The van der Waals surface area contributed by atoms with Crippen molar-refractivity contribution in [2.45, 2.75) is 25.7 Å². The molecule has 21 heavy (non-hydrogen) atoms. The fourth-order valence-electron chi connectivity index (χ4n) is 2.25. The molecule has 1 amide bonds. The monoisotopic (exact) mass is 311 g/mol. The summed E-state index contributed by atoms with van der Waals surface area (Å²) in [6.45, 7) is 7.10. The van der Waals surface area contributed by atoms with Gasteiger partial charge in [0.15, 0.2) is 0 Å². The van der Waals surface area contributed by atoms with Gasteiger partial charge in [0, 0.05) is 44.0 Å². The number of nitrogens with zero attached hydrogens (tertiary/aromatic N) is 3. The van der Waals surface area contributed by atoms with E-state index in [4.69, 9.17) is 0 Å². The SMILES string of the molecule is CC(C)(C)C(=O)N1CCN(S(=O)(=O)c2cccnc2)CC1. The van der Waals surface area contributed by atoms with Crippen LogP contribution < -0.4 is 0 Å². The third kappa shape index (κ3) is 3.41. The van der Waals surface area contributed by atoms with Crippen LogP contribution in [0, 0.1) is 5.41 Å². The number of carbonyl (C=O) groups excluding carboxylic acids is 1. The summed E-state index contributed by atoms with van der Waals surface area (Å²) in [6, 6.07) is 3.14. The maximum absolute atomic E-state index is 12.4. The standard InChI is InChI=1S/C14H21N3O3S/c1-14(2,3)13(18)16-7-9-17(10-8-16)21(19,20)12-5-4-6-15-11-12/h4-6,11H,7-10H2,1-3H3. The third-order valence-electron chi connectivity index (χ3n) is 3.44. The zero-order valence-electron chi connectivity index (χ0n) is 12.6. The van der Waals surface area contributed by atoms with Crippen LogP contribution in [-0.2, 0) is 14.8 Å². The van der Waals surface area contributed by atoms with Crippen molar-refractivity contribution in [2.24, 2.45) is 5.41 Å². The molecule has 6 nitrogen and oxygen atoms in total. The van der Waals surface area contributed by atoms with Gasteiger partial charge in [-0.3, -0.25) is 9.78 Å². The summed E-state index contributed by atoms with van der Waals surface area (Å²) in [4.78, 5) is 18.0. The Morgan fingerprint density at radius 3 is 2.29 bits per heavy atom. The Hall–Kier alpha value is -1.47. The van der Waals surface area contributed by atoms with Gasteiger partial charge in [-0.25, -0.2) is 8.42 Å². The number of pyridine rings is 1. The predicted octanol–water partition coefficient (Wildman–Crippen LogP) is 0.961. The Kier molecular flexibility index (Phi) is 4.34. The minimum absolute atomic E-state index is 0.0564. The molecule has 1 aliphatic rings. The second-order valence-electron chi connectivity index (χ2n) is 6.14. The van der Waals surface area contributed by atoms with Crippen LogP contribution in [0.15, 0.2) is 29.4 Å². The zero-order valence-corrected chi connectivity index (χ0v) is 13.4. The first-order valence-electron chi connectivity index (χ1n) is 6.92. The number of carbonyl (C=O) groups is 1. The second kappa shape index (κ2) is 5.73. The highest BCUT2D eigenvalue weighted by Gasteiger charge is 2.33. The first kappa shape index (κ1) is 15.9. The topological polar surface area (TPSA) is 70.6 Å². The second-order valence-corrected chi connectivity index (χ2v) is 8.07. The number of aromatic nitrogens is 1. The van der Waals surface area contributed by atoms with Gasteiger partial charge in [0.2, 0.25) is 15.9 Å². The van der Waals surface area contributed by atoms with Crippen molar-refractivity contribution in [1.82, 2.24) is 14.2 Å². The van der Waals surface area contributed by atoms with Gasteiger partial charge in [-0.1, -0.05) is 20.8 Å². The van der Waals surface area contributed by atoms with Gasteiger partial charge in [-0.15, -0.1) is 0 Å². The lowest BCUT2D eigenvalue weighted by Gasteiger charge is -2.36. The maximum Gasteiger partial charge on any atom is 0.244 e. The highest BCUT2D eigenvalue weighted by molar-refractivity contribution is 7.89. The molecule has 2 heterocycles. The van der Waals surface area contributed by atoms with E-state index < -0.39 is 15.4 Å². The quantitative estimate of drug-likeness (QED) is 0.816. The Bertz CT molecular complexity index is 600. The first-order valence-corrected chi connectivity index (χ1v) is 8.36. The Morgan fingerprint density at radius 1 is 1.19 bits per heavy atom. The molecule has 0 spiro atoms. The van der Waals surface area contributed by atoms with Gasteiger partial charge < -0.3 is 4.90 Å². The van der Waals surface area contributed by atoms with Crippen molar-refractivity contribution in [3.63, 3.8) is 0 Å². The van der Waals surface area contributed by atoms with Crippen LogP contribution in [0.1, 0.15) is 20.8 Å². The average molecular weight is 311 g/mol. The summed E-state index contributed by atoms with van der Waals surface area (Å²) in [5.74, 6) is 0.0564. The Labute approximate surface area is 125 Å². The third-order valence-corrected chi connectivity index (χ3v) is 5.32. The summed E-state index contributed by atoms with van der Waals surface area (Å²) < 4.78 is 26.3. The molecule has 1 aromatic heterocycles. The molecule has 2 rings (SSSR count). The van der Waals surface area contributed by atoms with E-state index in [1.54, 1.807) is 17.2 Å². The van der Waals surface area contributed by atoms with Crippen molar-refractivity contribution < 1.29 is 13.2 Å². The molecule has 0 atom stereocenters. The van der Waals surface area contributed by atoms with Gasteiger partial charge in [-0.2, -0.15) is 4.31 Å². The number of rotatable bonds is 2. The molecule has 0 aromatic carbocycles. The first-order chi connectivity index (χ1) is 9.73. The normalized spacial score (nSPS) is 17.8. The molecule has 0 aliphatic carbocycles. The molecule has 1 saturated heterocycles. The van der Waals surface area contributed by atoms with Crippen molar-refractivity contribution >= 4 is 15.9 Å². The van der Waals surface area contributed by atoms with Crippen LogP contribution >= 0.6 is 0 Å². The van der Waals surface area contributed by atoms with Crippen LogP contribution in [0.4, 0.5) is 0 Å². The van der Waals surface area contributed by atoms with E-state index >= 15 is 0 Å². The summed E-state index contributed by atoms with van der Waals surface area (Å²) in [5.41, 5.74) is -0.440. The number of hydrogen-bond acceptors (Lipinski definition) is 4. The van der Waals surface area contributed by atoms with Gasteiger partial charge >= 0.3 is 0 Å². The van der Waals surface area contributed by atoms with Gasteiger partial charge in [0.25, 0.3) is 0 Å². The van der Waals surface area contributed by atoms with Crippen LogP contribution in [0.2, 0.25) is 0 Å². The fraction of sp³-hybridized carbons (Fsp3) is 0.571. The minimum atomic E-state index is -3.51. The minimum Gasteiger partial charge on any atom is -0.340 e. The van der Waals surface area contributed by atoms with E-state index in [-0.39, 0.29) is 10.8 Å². The van der Waals surface area contributed by atoms with Crippen molar-refractivity contribution in [3.05, 3.63) is 24.5 Å². The molecule has 7 heteroatoms. The molecule has 116 valence electrons. The molecule has 1 aromatic rings. The van der Waals surface area contributed by atoms with Crippen LogP contribution in [0.5, 0.6) is 0 Å². The number of piperazine rings is 1. The summed E-state index contributed by atoms with van der Waals surface area (Å²) >= 11 is 0. The Balaban J connectivity index is 2.07. The predicted molar refractivity (Wildman–Crippen MR) is 79.0 cm³/mol.